The lowest BCUT2D eigenvalue weighted by atomic mass is 9.96. The van der Waals surface area contributed by atoms with E-state index in [9.17, 15) is 0 Å². The third-order valence-corrected chi connectivity index (χ3v) is 5.70. The number of likely N-dealkylation sites (N-methyl/N-ethyl adjacent to an activating group) is 1. The highest BCUT2D eigenvalue weighted by atomic mass is 32.1. The second kappa shape index (κ2) is 7.44. The van der Waals surface area contributed by atoms with Gasteiger partial charge in [0.05, 0.1) is 12.3 Å². The van der Waals surface area contributed by atoms with Crippen molar-refractivity contribution >= 4 is 11.3 Å². The van der Waals surface area contributed by atoms with E-state index in [0.29, 0.717) is 6.04 Å². The van der Waals surface area contributed by atoms with Crippen molar-refractivity contribution in [3.63, 3.8) is 0 Å². The van der Waals surface area contributed by atoms with Gasteiger partial charge in [-0.05, 0) is 56.4 Å². The van der Waals surface area contributed by atoms with Crippen molar-refractivity contribution in [2.75, 3.05) is 20.6 Å². The summed E-state index contributed by atoms with van der Waals surface area (Å²) in [6, 6.07) is 9.25. The van der Waals surface area contributed by atoms with Crippen molar-refractivity contribution in [1.82, 2.24) is 10.2 Å². The van der Waals surface area contributed by atoms with E-state index in [1.165, 1.54) is 30.6 Å². The van der Waals surface area contributed by atoms with Crippen LogP contribution in [0.4, 0.5) is 0 Å². The lowest BCUT2D eigenvalue weighted by Gasteiger charge is -2.28. The van der Waals surface area contributed by atoms with E-state index < -0.39 is 0 Å². The summed E-state index contributed by atoms with van der Waals surface area (Å²) in [5, 5.41) is 6.03. The summed E-state index contributed by atoms with van der Waals surface area (Å²) in [5.41, 5.74) is 0. The molecule has 2 aromatic rings. The SMILES string of the molecule is CN(C)C(CNC(c1cccs1)C1CCCC1)c1ccco1. The molecule has 3 rings (SSSR count). The van der Waals surface area contributed by atoms with Gasteiger partial charge >= 0.3 is 0 Å². The fourth-order valence-corrected chi connectivity index (χ4v) is 4.41. The Balaban J connectivity index is 1.70. The molecule has 0 amide bonds. The van der Waals surface area contributed by atoms with E-state index >= 15 is 0 Å². The lowest BCUT2D eigenvalue weighted by molar-refractivity contribution is 0.233. The standard InChI is InChI=1S/C18H26N2OS/c1-20(2)15(16-9-5-11-21-16)13-19-18(14-7-3-4-8-14)17-10-6-12-22-17/h5-6,9-12,14-15,18-19H,3-4,7-8,13H2,1-2H3. The number of furan rings is 1. The van der Waals surface area contributed by atoms with Gasteiger partial charge in [0.15, 0.2) is 0 Å². The molecule has 1 aliphatic carbocycles. The number of hydrogen-bond donors (Lipinski definition) is 1. The summed E-state index contributed by atoms with van der Waals surface area (Å²) in [6.07, 6.45) is 7.22. The largest absolute Gasteiger partial charge is 0.468 e. The molecule has 0 bridgehead atoms. The van der Waals surface area contributed by atoms with Crippen LogP contribution in [0.3, 0.4) is 0 Å². The number of nitrogens with zero attached hydrogens (tertiary/aromatic N) is 1. The Kier molecular flexibility index (Phi) is 5.34. The van der Waals surface area contributed by atoms with Gasteiger partial charge in [0, 0.05) is 17.5 Å². The van der Waals surface area contributed by atoms with Crippen LogP contribution in [0.1, 0.15) is 48.4 Å². The van der Waals surface area contributed by atoms with Crippen LogP contribution >= 0.6 is 11.3 Å². The summed E-state index contributed by atoms with van der Waals surface area (Å²) in [5.74, 6) is 1.81. The number of thiophene rings is 1. The first-order valence-electron chi connectivity index (χ1n) is 8.22. The molecule has 2 heterocycles. The zero-order valence-corrected chi connectivity index (χ0v) is 14.3. The molecule has 4 heteroatoms. The average molecular weight is 318 g/mol. The number of hydrogen-bond acceptors (Lipinski definition) is 4. The van der Waals surface area contributed by atoms with Crippen LogP contribution in [-0.4, -0.2) is 25.5 Å². The molecular formula is C18H26N2OS. The Labute approximate surface area is 137 Å². The quantitative estimate of drug-likeness (QED) is 0.817. The van der Waals surface area contributed by atoms with E-state index in [4.69, 9.17) is 4.42 Å². The van der Waals surface area contributed by atoms with Crippen LogP contribution in [0.25, 0.3) is 0 Å². The Morgan fingerprint density at radius 1 is 1.27 bits per heavy atom. The molecule has 120 valence electrons. The van der Waals surface area contributed by atoms with E-state index in [-0.39, 0.29) is 6.04 Å². The molecule has 0 radical (unpaired) electrons. The topological polar surface area (TPSA) is 28.4 Å². The molecule has 3 nitrogen and oxygen atoms in total. The maximum Gasteiger partial charge on any atom is 0.122 e. The fraction of sp³-hybridized carbons (Fsp3) is 0.556. The maximum absolute atomic E-state index is 5.63. The van der Waals surface area contributed by atoms with Gasteiger partial charge in [-0.1, -0.05) is 18.9 Å². The van der Waals surface area contributed by atoms with Gasteiger partial charge in [-0.25, -0.2) is 0 Å². The molecule has 22 heavy (non-hydrogen) atoms. The highest BCUT2D eigenvalue weighted by Crippen LogP contribution is 2.37. The van der Waals surface area contributed by atoms with Crippen molar-refractivity contribution in [1.29, 1.82) is 0 Å². The molecule has 0 spiro atoms. The first kappa shape index (κ1) is 15.8. The summed E-state index contributed by atoms with van der Waals surface area (Å²) in [7, 11) is 4.23. The van der Waals surface area contributed by atoms with Crippen LogP contribution in [0, 0.1) is 5.92 Å². The predicted octanol–water partition coefficient (Wildman–Crippen LogP) is 4.46. The van der Waals surface area contributed by atoms with Crippen molar-refractivity contribution in [2.45, 2.75) is 37.8 Å². The van der Waals surface area contributed by atoms with Crippen LogP contribution in [-0.2, 0) is 0 Å². The van der Waals surface area contributed by atoms with Crippen molar-refractivity contribution in [3.8, 4) is 0 Å². The van der Waals surface area contributed by atoms with E-state index in [2.05, 4.69) is 47.9 Å². The smallest absolute Gasteiger partial charge is 0.122 e. The van der Waals surface area contributed by atoms with Crippen LogP contribution in [0.2, 0.25) is 0 Å². The Morgan fingerprint density at radius 2 is 2.09 bits per heavy atom. The van der Waals surface area contributed by atoms with Crippen LogP contribution in [0.15, 0.2) is 40.3 Å². The molecular weight excluding hydrogens is 292 g/mol. The summed E-state index contributed by atoms with van der Waals surface area (Å²) in [4.78, 5) is 3.70. The Bertz CT molecular complexity index is 529. The molecule has 2 atom stereocenters. The van der Waals surface area contributed by atoms with Gasteiger partial charge in [-0.15, -0.1) is 11.3 Å². The van der Waals surface area contributed by atoms with E-state index in [1.807, 2.05) is 17.4 Å². The van der Waals surface area contributed by atoms with E-state index in [0.717, 1.165) is 18.2 Å². The monoisotopic (exact) mass is 318 g/mol. The average Bonchev–Trinajstić information content (AvgIpc) is 3.25. The van der Waals surface area contributed by atoms with Crippen molar-refractivity contribution in [3.05, 3.63) is 46.5 Å². The normalized spacial score (nSPS) is 18.9. The zero-order chi connectivity index (χ0) is 15.4. The van der Waals surface area contributed by atoms with Crippen LogP contribution < -0.4 is 5.32 Å². The molecule has 0 saturated heterocycles. The molecule has 0 aromatic carbocycles. The van der Waals surface area contributed by atoms with Gasteiger partial charge in [-0.3, -0.25) is 4.90 Å². The molecule has 1 N–H and O–H groups in total. The molecule has 0 aliphatic heterocycles. The summed E-state index contributed by atoms with van der Waals surface area (Å²) in [6.45, 7) is 0.916. The molecule has 2 aromatic heterocycles. The summed E-state index contributed by atoms with van der Waals surface area (Å²) >= 11 is 1.88. The second-order valence-corrected chi connectivity index (χ2v) is 7.42. The molecule has 1 aliphatic rings. The number of nitrogens with one attached hydrogen (secondary N) is 1. The molecule has 1 saturated carbocycles. The highest BCUT2D eigenvalue weighted by molar-refractivity contribution is 7.10. The first-order chi connectivity index (χ1) is 10.8. The van der Waals surface area contributed by atoms with Crippen molar-refractivity contribution < 1.29 is 4.42 Å². The van der Waals surface area contributed by atoms with Gasteiger partial charge in [0.25, 0.3) is 0 Å². The van der Waals surface area contributed by atoms with Gasteiger partial charge in [0.2, 0.25) is 0 Å². The minimum absolute atomic E-state index is 0.277. The predicted molar refractivity (Wildman–Crippen MR) is 92.2 cm³/mol. The third kappa shape index (κ3) is 3.62. The zero-order valence-electron chi connectivity index (χ0n) is 13.5. The third-order valence-electron chi connectivity index (χ3n) is 4.75. The van der Waals surface area contributed by atoms with E-state index in [1.54, 1.807) is 6.26 Å². The Morgan fingerprint density at radius 3 is 2.68 bits per heavy atom. The first-order valence-corrected chi connectivity index (χ1v) is 9.10. The molecule has 2 unspecified atom stereocenters. The van der Waals surface area contributed by atoms with Gasteiger partial charge < -0.3 is 9.73 Å². The minimum atomic E-state index is 0.277. The Hall–Kier alpha value is -1.10. The minimum Gasteiger partial charge on any atom is -0.468 e. The second-order valence-electron chi connectivity index (χ2n) is 6.44. The molecule has 1 fully saturated rings. The van der Waals surface area contributed by atoms with Gasteiger partial charge in [0.1, 0.15) is 5.76 Å². The fourth-order valence-electron chi connectivity index (χ4n) is 3.52. The highest BCUT2D eigenvalue weighted by Gasteiger charge is 2.28. The van der Waals surface area contributed by atoms with Crippen molar-refractivity contribution in [2.24, 2.45) is 5.92 Å². The lowest BCUT2D eigenvalue weighted by Crippen LogP contribution is -2.35. The maximum atomic E-state index is 5.63. The summed E-state index contributed by atoms with van der Waals surface area (Å²) < 4.78 is 5.63. The number of rotatable bonds is 7. The van der Waals surface area contributed by atoms with Gasteiger partial charge in [-0.2, -0.15) is 0 Å². The van der Waals surface area contributed by atoms with Crippen LogP contribution in [0.5, 0.6) is 0 Å².